The number of ether oxygens (including phenoxy) is 2. The second-order valence-electron chi connectivity index (χ2n) is 6.40. The van der Waals surface area contributed by atoms with Gasteiger partial charge in [-0.3, -0.25) is 0 Å². The Labute approximate surface area is 165 Å². The molecule has 6 nitrogen and oxygen atoms in total. The Morgan fingerprint density at radius 1 is 1.03 bits per heavy atom. The lowest BCUT2D eigenvalue weighted by atomic mass is 10.1. The molecule has 0 spiro atoms. The minimum absolute atomic E-state index is 0.137. The Balaban J connectivity index is 1.56. The van der Waals surface area contributed by atoms with Gasteiger partial charge in [0.15, 0.2) is 6.10 Å². The monoisotopic (exact) mass is 392 g/mol. The van der Waals surface area contributed by atoms with Crippen molar-refractivity contribution in [2.75, 3.05) is 7.11 Å². The normalized spacial score (nSPS) is 12.0. The average Bonchev–Trinajstić information content (AvgIpc) is 3.23. The molecule has 4 rings (SSSR count). The van der Waals surface area contributed by atoms with Gasteiger partial charge in [-0.05, 0) is 54.1 Å². The Hall–Kier alpha value is -3.74. The number of esters is 1. The first-order valence-corrected chi connectivity index (χ1v) is 8.92. The summed E-state index contributed by atoms with van der Waals surface area (Å²) in [4.78, 5) is 12.7. The molecule has 0 bridgehead atoms. The second-order valence-corrected chi connectivity index (χ2v) is 6.40. The fourth-order valence-electron chi connectivity index (χ4n) is 2.93. The van der Waals surface area contributed by atoms with E-state index in [4.69, 9.17) is 13.9 Å². The van der Waals surface area contributed by atoms with Crippen molar-refractivity contribution >= 4 is 16.7 Å². The number of hydrogen-bond acceptors (Lipinski definition) is 6. The number of methoxy groups -OCH3 is 1. The van der Waals surface area contributed by atoms with Gasteiger partial charge < -0.3 is 13.9 Å². The summed E-state index contributed by atoms with van der Waals surface area (Å²) in [5.41, 5.74) is 0.871. The van der Waals surface area contributed by atoms with E-state index in [9.17, 15) is 9.18 Å². The third kappa shape index (κ3) is 3.80. The zero-order valence-electron chi connectivity index (χ0n) is 15.8. The molecule has 0 N–H and O–H groups in total. The van der Waals surface area contributed by atoms with Crippen molar-refractivity contribution in [2.24, 2.45) is 0 Å². The SMILES string of the molecule is COc1cc2ccccc2cc1C(=O)O[C@H](C)c1nnc(-c2ccc(F)cc2)o1. The zero-order chi connectivity index (χ0) is 20.4. The van der Waals surface area contributed by atoms with Crippen LogP contribution in [0.5, 0.6) is 5.75 Å². The largest absolute Gasteiger partial charge is 0.496 e. The van der Waals surface area contributed by atoms with Crippen LogP contribution in [0.25, 0.3) is 22.2 Å². The summed E-state index contributed by atoms with van der Waals surface area (Å²) in [6, 6.07) is 16.8. The van der Waals surface area contributed by atoms with Gasteiger partial charge in [0.25, 0.3) is 5.89 Å². The van der Waals surface area contributed by atoms with Gasteiger partial charge in [-0.2, -0.15) is 0 Å². The van der Waals surface area contributed by atoms with Crippen molar-refractivity contribution in [1.29, 1.82) is 0 Å². The molecule has 0 unspecified atom stereocenters. The maximum atomic E-state index is 13.1. The van der Waals surface area contributed by atoms with E-state index in [1.165, 1.54) is 31.4 Å². The van der Waals surface area contributed by atoms with E-state index in [2.05, 4.69) is 10.2 Å². The van der Waals surface area contributed by atoms with E-state index in [1.54, 1.807) is 19.1 Å². The molecule has 0 amide bonds. The number of benzene rings is 3. The van der Waals surface area contributed by atoms with Crippen molar-refractivity contribution in [1.82, 2.24) is 10.2 Å². The number of halogens is 1. The fraction of sp³-hybridized carbons (Fsp3) is 0.136. The highest BCUT2D eigenvalue weighted by Crippen LogP contribution is 2.29. The van der Waals surface area contributed by atoms with Gasteiger partial charge in [0, 0.05) is 5.56 Å². The van der Waals surface area contributed by atoms with Crippen LogP contribution in [0.15, 0.2) is 65.1 Å². The van der Waals surface area contributed by atoms with E-state index >= 15 is 0 Å². The summed E-state index contributed by atoms with van der Waals surface area (Å²) in [5, 5.41) is 9.72. The van der Waals surface area contributed by atoms with Crippen molar-refractivity contribution in [2.45, 2.75) is 13.0 Å². The summed E-state index contributed by atoms with van der Waals surface area (Å²) in [6.07, 6.45) is -0.777. The van der Waals surface area contributed by atoms with E-state index in [0.29, 0.717) is 16.9 Å². The van der Waals surface area contributed by atoms with Gasteiger partial charge in [-0.1, -0.05) is 24.3 Å². The Morgan fingerprint density at radius 2 is 1.72 bits per heavy atom. The number of nitrogens with zero attached hydrogens (tertiary/aromatic N) is 2. The molecule has 0 radical (unpaired) electrons. The molecule has 146 valence electrons. The predicted molar refractivity (Wildman–Crippen MR) is 104 cm³/mol. The lowest BCUT2D eigenvalue weighted by Crippen LogP contribution is -2.11. The number of hydrogen-bond donors (Lipinski definition) is 0. The van der Waals surface area contributed by atoms with Crippen molar-refractivity contribution in [3.63, 3.8) is 0 Å². The van der Waals surface area contributed by atoms with E-state index < -0.39 is 12.1 Å². The number of carbonyl (C=O) groups excluding carboxylic acids is 1. The van der Waals surface area contributed by atoms with Crippen LogP contribution >= 0.6 is 0 Å². The second kappa shape index (κ2) is 7.71. The highest BCUT2D eigenvalue weighted by atomic mass is 19.1. The van der Waals surface area contributed by atoms with Gasteiger partial charge in [0.2, 0.25) is 5.89 Å². The highest BCUT2D eigenvalue weighted by molar-refractivity contribution is 5.98. The maximum absolute atomic E-state index is 13.1. The molecule has 1 atom stereocenters. The number of carbonyl (C=O) groups is 1. The number of fused-ring (bicyclic) bond motifs is 1. The third-order valence-corrected chi connectivity index (χ3v) is 4.45. The molecule has 29 heavy (non-hydrogen) atoms. The van der Waals surface area contributed by atoms with Gasteiger partial charge in [-0.15, -0.1) is 10.2 Å². The lowest BCUT2D eigenvalue weighted by molar-refractivity contribution is 0.0276. The maximum Gasteiger partial charge on any atom is 0.342 e. The van der Waals surface area contributed by atoms with E-state index in [1.807, 2.05) is 24.3 Å². The van der Waals surface area contributed by atoms with Crippen LogP contribution < -0.4 is 4.74 Å². The zero-order valence-corrected chi connectivity index (χ0v) is 15.8. The van der Waals surface area contributed by atoms with Crippen molar-refractivity contribution < 1.29 is 23.1 Å². The lowest BCUT2D eigenvalue weighted by Gasteiger charge is -2.13. The molecule has 7 heteroatoms. The summed E-state index contributed by atoms with van der Waals surface area (Å²) in [5.74, 6) is -0.163. The number of rotatable bonds is 5. The van der Waals surface area contributed by atoms with Crippen molar-refractivity contribution in [3.05, 3.63) is 77.9 Å². The summed E-state index contributed by atoms with van der Waals surface area (Å²) in [6.45, 7) is 1.63. The molecule has 3 aromatic carbocycles. The molecule has 1 heterocycles. The van der Waals surface area contributed by atoms with E-state index in [0.717, 1.165) is 10.8 Å². The fourth-order valence-corrected chi connectivity index (χ4v) is 2.93. The summed E-state index contributed by atoms with van der Waals surface area (Å²) < 4.78 is 29.5. The Kier molecular flexibility index (Phi) is 4.95. The van der Waals surface area contributed by atoms with Crippen molar-refractivity contribution in [3.8, 4) is 17.2 Å². The van der Waals surface area contributed by atoms with Crippen LogP contribution in [0.2, 0.25) is 0 Å². The first kappa shape index (κ1) is 18.6. The molecule has 0 aliphatic carbocycles. The van der Waals surface area contributed by atoms with Crippen LogP contribution in [0.4, 0.5) is 4.39 Å². The van der Waals surface area contributed by atoms with E-state index in [-0.39, 0.29) is 17.6 Å². The molecule has 0 fully saturated rings. The summed E-state index contributed by atoms with van der Waals surface area (Å²) >= 11 is 0. The third-order valence-electron chi connectivity index (χ3n) is 4.45. The highest BCUT2D eigenvalue weighted by Gasteiger charge is 2.22. The molecular formula is C22H17FN2O4. The predicted octanol–water partition coefficient (Wildman–Crippen LogP) is 4.96. The molecule has 0 saturated heterocycles. The minimum Gasteiger partial charge on any atom is -0.496 e. The van der Waals surface area contributed by atoms with Gasteiger partial charge in [0.1, 0.15) is 17.1 Å². The molecule has 1 aromatic heterocycles. The first-order valence-electron chi connectivity index (χ1n) is 8.92. The van der Waals surface area contributed by atoms with Crippen LogP contribution in [0.3, 0.4) is 0 Å². The molecule has 0 saturated carbocycles. The molecular weight excluding hydrogens is 375 g/mol. The Bertz CT molecular complexity index is 1170. The van der Waals surface area contributed by atoms with Crippen LogP contribution in [0.1, 0.15) is 29.3 Å². The number of aromatic nitrogens is 2. The smallest absolute Gasteiger partial charge is 0.342 e. The van der Waals surface area contributed by atoms with Crippen LogP contribution in [0, 0.1) is 5.82 Å². The van der Waals surface area contributed by atoms with Gasteiger partial charge in [-0.25, -0.2) is 9.18 Å². The average molecular weight is 392 g/mol. The topological polar surface area (TPSA) is 74.5 Å². The molecule has 4 aromatic rings. The van der Waals surface area contributed by atoms with Gasteiger partial charge in [0.05, 0.1) is 7.11 Å². The van der Waals surface area contributed by atoms with Crippen LogP contribution in [-0.4, -0.2) is 23.3 Å². The molecule has 0 aliphatic rings. The van der Waals surface area contributed by atoms with Gasteiger partial charge >= 0.3 is 5.97 Å². The Morgan fingerprint density at radius 3 is 2.41 bits per heavy atom. The quantitative estimate of drug-likeness (QED) is 0.447. The van der Waals surface area contributed by atoms with Crippen LogP contribution in [-0.2, 0) is 4.74 Å². The summed E-state index contributed by atoms with van der Waals surface area (Å²) in [7, 11) is 1.50. The molecule has 0 aliphatic heterocycles. The minimum atomic E-state index is -0.777. The first-order chi connectivity index (χ1) is 14.0. The standard InChI is InChI=1S/C22H17FN2O4/c1-13(20-24-25-21(29-20)14-7-9-17(23)10-8-14)28-22(26)18-11-15-5-3-4-6-16(15)12-19(18)27-2/h3-13H,1-2H3/t13-/m1/s1.